The molecule has 4 N–H and O–H groups in total. The van der Waals surface area contributed by atoms with Crippen LogP contribution in [0.2, 0.25) is 0 Å². The van der Waals surface area contributed by atoms with Crippen molar-refractivity contribution < 1.29 is 29.4 Å². The largest absolute Gasteiger partial charge is 0.481 e. The van der Waals surface area contributed by atoms with E-state index in [0.717, 1.165) is 25.7 Å². The smallest absolute Gasteiger partial charge is 0.303 e. The second-order valence-electron chi connectivity index (χ2n) is 4.90. The Labute approximate surface area is 129 Å². The van der Waals surface area contributed by atoms with E-state index in [1.807, 2.05) is 0 Å². The van der Waals surface area contributed by atoms with Crippen LogP contribution >= 0.6 is 0 Å². The summed E-state index contributed by atoms with van der Waals surface area (Å²) in [4.78, 5) is 42.9. The van der Waals surface area contributed by atoms with Crippen molar-refractivity contribution in [1.82, 2.24) is 10.6 Å². The average molecular weight is 316 g/mol. The second kappa shape index (κ2) is 12.6. The summed E-state index contributed by atoms with van der Waals surface area (Å²) < 4.78 is 0. The summed E-state index contributed by atoms with van der Waals surface area (Å²) in [5.74, 6) is -2.48. The van der Waals surface area contributed by atoms with Gasteiger partial charge in [-0.05, 0) is 12.8 Å². The quantitative estimate of drug-likeness (QED) is 0.366. The molecule has 0 atom stereocenters. The summed E-state index contributed by atoms with van der Waals surface area (Å²) in [6.07, 6.45) is 3.06. The monoisotopic (exact) mass is 316 g/mol. The molecule has 2 amide bonds. The molecule has 0 aromatic heterocycles. The van der Waals surface area contributed by atoms with Crippen LogP contribution in [-0.4, -0.2) is 47.1 Å². The van der Waals surface area contributed by atoms with Crippen LogP contribution in [0.1, 0.15) is 51.4 Å². The molecule has 0 saturated carbocycles. The number of rotatable bonds is 13. The molecule has 0 aliphatic rings. The van der Waals surface area contributed by atoms with Crippen LogP contribution in [0.3, 0.4) is 0 Å². The highest BCUT2D eigenvalue weighted by Gasteiger charge is 2.05. The molecule has 0 rings (SSSR count). The van der Waals surface area contributed by atoms with Crippen molar-refractivity contribution in [2.24, 2.45) is 0 Å². The highest BCUT2D eigenvalue weighted by atomic mass is 16.4. The standard InChI is InChI=1S/C14H24N2O6/c17-11(5-7-13(19)20)15-9-3-1-2-4-10-16-12(18)6-8-14(21)22/h1-10H2,(H,15,17)(H,16,18)(H,19,20)(H,21,22). The minimum absolute atomic E-state index is 0.00227. The zero-order chi connectivity index (χ0) is 16.8. The summed E-state index contributed by atoms with van der Waals surface area (Å²) in [5, 5.41) is 22.1. The molecule has 0 spiro atoms. The fourth-order valence-electron chi connectivity index (χ4n) is 1.68. The number of carboxylic acids is 2. The van der Waals surface area contributed by atoms with E-state index in [2.05, 4.69) is 10.6 Å². The third kappa shape index (κ3) is 14.3. The van der Waals surface area contributed by atoms with Gasteiger partial charge in [-0.15, -0.1) is 0 Å². The third-order valence-electron chi connectivity index (χ3n) is 2.88. The van der Waals surface area contributed by atoms with Crippen LogP contribution in [0, 0.1) is 0 Å². The fraction of sp³-hybridized carbons (Fsp3) is 0.714. The van der Waals surface area contributed by atoms with Crippen molar-refractivity contribution in [2.45, 2.75) is 51.4 Å². The number of unbranched alkanes of at least 4 members (excludes halogenated alkanes) is 3. The molecule has 0 radical (unpaired) electrons. The third-order valence-corrected chi connectivity index (χ3v) is 2.88. The maximum atomic E-state index is 11.2. The molecular formula is C14H24N2O6. The Morgan fingerprint density at radius 1 is 0.591 bits per heavy atom. The molecular weight excluding hydrogens is 292 g/mol. The first kappa shape index (κ1) is 19.9. The molecule has 0 aliphatic carbocycles. The summed E-state index contributed by atoms with van der Waals surface area (Å²) in [6.45, 7) is 1.03. The molecule has 0 saturated heterocycles. The van der Waals surface area contributed by atoms with E-state index in [0.29, 0.717) is 13.1 Å². The topological polar surface area (TPSA) is 133 Å². The molecule has 8 nitrogen and oxygen atoms in total. The molecule has 126 valence electrons. The summed E-state index contributed by atoms with van der Waals surface area (Å²) in [5.41, 5.74) is 0. The summed E-state index contributed by atoms with van der Waals surface area (Å²) in [7, 11) is 0. The Kier molecular flexibility index (Phi) is 11.4. The molecule has 0 aromatic rings. The lowest BCUT2D eigenvalue weighted by molar-refractivity contribution is -0.139. The van der Waals surface area contributed by atoms with Crippen molar-refractivity contribution >= 4 is 23.8 Å². The maximum Gasteiger partial charge on any atom is 0.303 e. The second-order valence-corrected chi connectivity index (χ2v) is 4.90. The number of amides is 2. The Bertz CT molecular complexity index is 348. The Morgan fingerprint density at radius 2 is 0.955 bits per heavy atom. The number of nitrogens with one attached hydrogen (secondary N) is 2. The molecule has 0 fully saturated rings. The lowest BCUT2D eigenvalue weighted by Crippen LogP contribution is -2.25. The predicted molar refractivity (Wildman–Crippen MR) is 78.2 cm³/mol. The normalized spacial score (nSPS) is 10.0. The Hall–Kier alpha value is -2.12. The number of hydrogen-bond donors (Lipinski definition) is 4. The number of hydrogen-bond acceptors (Lipinski definition) is 4. The summed E-state index contributed by atoms with van der Waals surface area (Å²) in [6, 6.07) is 0. The van der Waals surface area contributed by atoms with E-state index < -0.39 is 11.9 Å². The average Bonchev–Trinajstić information content (AvgIpc) is 2.45. The van der Waals surface area contributed by atoms with Crippen LogP contribution in [0.4, 0.5) is 0 Å². The number of carbonyl (C=O) groups excluding carboxylic acids is 2. The molecule has 0 unspecified atom stereocenters. The van der Waals surface area contributed by atoms with Gasteiger partial charge in [0.2, 0.25) is 11.8 Å². The Morgan fingerprint density at radius 3 is 1.27 bits per heavy atom. The van der Waals surface area contributed by atoms with Crippen molar-refractivity contribution in [2.75, 3.05) is 13.1 Å². The van der Waals surface area contributed by atoms with E-state index in [9.17, 15) is 19.2 Å². The Balaban J connectivity index is 3.33. The van der Waals surface area contributed by atoms with Crippen molar-refractivity contribution in [3.8, 4) is 0 Å². The van der Waals surface area contributed by atoms with Gasteiger partial charge in [0.25, 0.3) is 0 Å². The van der Waals surface area contributed by atoms with Crippen LogP contribution in [0.5, 0.6) is 0 Å². The number of carboxylic acid groups (broad SMARTS) is 2. The fourth-order valence-corrected chi connectivity index (χ4v) is 1.68. The maximum absolute atomic E-state index is 11.2. The molecule has 22 heavy (non-hydrogen) atoms. The van der Waals surface area contributed by atoms with Gasteiger partial charge in [0.1, 0.15) is 0 Å². The van der Waals surface area contributed by atoms with Gasteiger partial charge in [-0.25, -0.2) is 0 Å². The first-order valence-corrected chi connectivity index (χ1v) is 7.39. The first-order valence-electron chi connectivity index (χ1n) is 7.39. The van der Waals surface area contributed by atoms with Crippen molar-refractivity contribution in [1.29, 1.82) is 0 Å². The highest BCUT2D eigenvalue weighted by Crippen LogP contribution is 1.99. The highest BCUT2D eigenvalue weighted by molar-refractivity contribution is 5.81. The molecule has 0 heterocycles. The van der Waals surface area contributed by atoms with Gasteiger partial charge in [-0.2, -0.15) is 0 Å². The van der Waals surface area contributed by atoms with E-state index in [4.69, 9.17) is 10.2 Å². The van der Waals surface area contributed by atoms with Gasteiger partial charge < -0.3 is 20.8 Å². The van der Waals surface area contributed by atoms with E-state index >= 15 is 0 Å². The molecule has 8 heteroatoms. The van der Waals surface area contributed by atoms with Crippen LogP contribution < -0.4 is 10.6 Å². The number of carbonyl (C=O) groups is 4. The van der Waals surface area contributed by atoms with Gasteiger partial charge in [0.05, 0.1) is 12.8 Å². The SMILES string of the molecule is O=C(O)CCC(=O)NCCCCCCNC(=O)CCC(=O)O. The van der Waals surface area contributed by atoms with E-state index in [1.165, 1.54) is 0 Å². The van der Waals surface area contributed by atoms with Crippen molar-refractivity contribution in [3.05, 3.63) is 0 Å². The zero-order valence-corrected chi connectivity index (χ0v) is 12.6. The van der Waals surface area contributed by atoms with Gasteiger partial charge in [0.15, 0.2) is 0 Å². The van der Waals surface area contributed by atoms with Crippen LogP contribution in [-0.2, 0) is 19.2 Å². The molecule has 0 aliphatic heterocycles. The minimum atomic E-state index is -0.986. The lowest BCUT2D eigenvalue weighted by atomic mass is 10.2. The summed E-state index contributed by atoms with van der Waals surface area (Å²) >= 11 is 0. The predicted octanol–water partition coefficient (Wildman–Crippen LogP) is 0.509. The molecule has 0 bridgehead atoms. The first-order chi connectivity index (χ1) is 10.4. The van der Waals surface area contributed by atoms with Crippen molar-refractivity contribution in [3.63, 3.8) is 0 Å². The van der Waals surface area contributed by atoms with E-state index in [-0.39, 0.29) is 37.5 Å². The van der Waals surface area contributed by atoms with Crippen LogP contribution in [0.15, 0.2) is 0 Å². The molecule has 0 aromatic carbocycles. The van der Waals surface area contributed by atoms with Crippen LogP contribution in [0.25, 0.3) is 0 Å². The van der Waals surface area contributed by atoms with Gasteiger partial charge in [0, 0.05) is 25.9 Å². The zero-order valence-electron chi connectivity index (χ0n) is 12.6. The van der Waals surface area contributed by atoms with Gasteiger partial charge >= 0.3 is 11.9 Å². The van der Waals surface area contributed by atoms with E-state index in [1.54, 1.807) is 0 Å². The van der Waals surface area contributed by atoms with Gasteiger partial charge in [-0.3, -0.25) is 19.2 Å². The minimum Gasteiger partial charge on any atom is -0.481 e. The number of aliphatic carboxylic acids is 2. The lowest BCUT2D eigenvalue weighted by Gasteiger charge is -2.05. The van der Waals surface area contributed by atoms with Gasteiger partial charge in [-0.1, -0.05) is 12.8 Å².